The Morgan fingerprint density at radius 3 is 2.40 bits per heavy atom. The number of ether oxygens (including phenoxy) is 1. The number of nitro groups is 1. The normalized spacial score (nSPS) is 10.9. The maximum atomic E-state index is 12.3. The lowest BCUT2D eigenvalue weighted by atomic mass is 10.3. The number of carbonyl (C=O) groups excluding carboxylic acids is 1. The molecule has 0 aliphatic rings. The van der Waals surface area contributed by atoms with Crippen LogP contribution < -0.4 is 10.0 Å². The Morgan fingerprint density at radius 2 is 1.80 bits per heavy atom. The number of hydrogen-bond donors (Lipinski definition) is 2. The first kappa shape index (κ1) is 18.4. The number of nitrogens with zero attached hydrogens (tertiary/aromatic N) is 1. The van der Waals surface area contributed by atoms with Crippen molar-refractivity contribution in [3.8, 4) is 0 Å². The van der Waals surface area contributed by atoms with Gasteiger partial charge in [-0.3, -0.25) is 19.6 Å². The van der Waals surface area contributed by atoms with Crippen LogP contribution in [0.15, 0.2) is 53.4 Å². The van der Waals surface area contributed by atoms with Crippen molar-refractivity contribution in [2.24, 2.45) is 0 Å². The van der Waals surface area contributed by atoms with Crippen LogP contribution in [0, 0.1) is 10.1 Å². The van der Waals surface area contributed by atoms with Crippen LogP contribution >= 0.6 is 0 Å². The van der Waals surface area contributed by atoms with Crippen molar-refractivity contribution < 1.29 is 22.9 Å². The van der Waals surface area contributed by atoms with Crippen LogP contribution in [0.25, 0.3) is 0 Å². The zero-order chi connectivity index (χ0) is 18.4. The molecular formula is C15H15N3O6S. The van der Waals surface area contributed by atoms with E-state index in [2.05, 4.69) is 10.0 Å². The van der Waals surface area contributed by atoms with Crippen LogP contribution in [0.3, 0.4) is 0 Å². The minimum atomic E-state index is -3.92. The van der Waals surface area contributed by atoms with Crippen molar-refractivity contribution in [1.29, 1.82) is 0 Å². The van der Waals surface area contributed by atoms with E-state index in [1.54, 1.807) is 12.1 Å². The maximum absolute atomic E-state index is 12.3. The Balaban J connectivity index is 2.17. The third-order valence-corrected chi connectivity index (χ3v) is 4.43. The number of benzene rings is 2. The predicted molar refractivity (Wildman–Crippen MR) is 90.9 cm³/mol. The zero-order valence-corrected chi connectivity index (χ0v) is 13.9. The number of anilines is 2. The van der Waals surface area contributed by atoms with Crippen molar-refractivity contribution in [1.82, 2.24) is 0 Å². The van der Waals surface area contributed by atoms with Crippen molar-refractivity contribution in [3.05, 3.63) is 58.6 Å². The van der Waals surface area contributed by atoms with Gasteiger partial charge in [0.05, 0.1) is 15.5 Å². The van der Waals surface area contributed by atoms with E-state index in [1.807, 2.05) is 0 Å². The topological polar surface area (TPSA) is 128 Å². The van der Waals surface area contributed by atoms with Crippen LogP contribution in [0.2, 0.25) is 0 Å². The third-order valence-electron chi connectivity index (χ3n) is 3.03. The molecule has 2 rings (SSSR count). The van der Waals surface area contributed by atoms with Gasteiger partial charge >= 0.3 is 0 Å². The number of amides is 1. The molecule has 0 spiro atoms. The molecule has 0 heterocycles. The Morgan fingerprint density at radius 1 is 1.16 bits per heavy atom. The molecule has 0 saturated heterocycles. The quantitative estimate of drug-likeness (QED) is 0.570. The fourth-order valence-corrected chi connectivity index (χ4v) is 3.00. The largest absolute Gasteiger partial charge is 0.375 e. The van der Waals surface area contributed by atoms with Gasteiger partial charge in [0.2, 0.25) is 5.91 Å². The first-order valence-corrected chi connectivity index (χ1v) is 8.46. The number of non-ortho nitro benzene ring substituents is 1. The Labute approximate surface area is 143 Å². The SMILES string of the molecule is COCC(=O)Nc1cccc(NS(=O)(=O)c2ccc([N+](=O)[O-])cc2)c1. The number of nitrogens with one attached hydrogen (secondary N) is 2. The van der Waals surface area contributed by atoms with E-state index in [0.717, 1.165) is 24.3 Å². The molecule has 9 nitrogen and oxygen atoms in total. The molecule has 0 bridgehead atoms. The van der Waals surface area contributed by atoms with Gasteiger partial charge in [0.25, 0.3) is 15.7 Å². The number of nitro benzene ring substituents is 1. The molecule has 25 heavy (non-hydrogen) atoms. The summed E-state index contributed by atoms with van der Waals surface area (Å²) in [7, 11) is -2.54. The summed E-state index contributed by atoms with van der Waals surface area (Å²) in [5.74, 6) is -0.377. The predicted octanol–water partition coefficient (Wildman–Crippen LogP) is 1.98. The molecule has 2 N–H and O–H groups in total. The second-order valence-electron chi connectivity index (χ2n) is 4.92. The summed E-state index contributed by atoms with van der Waals surface area (Å²) in [6.07, 6.45) is 0. The summed E-state index contributed by atoms with van der Waals surface area (Å²) in [4.78, 5) is 21.4. The van der Waals surface area contributed by atoms with Crippen LogP contribution in [0.4, 0.5) is 17.1 Å². The fourth-order valence-electron chi connectivity index (χ4n) is 1.95. The highest BCUT2D eigenvalue weighted by Gasteiger charge is 2.16. The summed E-state index contributed by atoms with van der Waals surface area (Å²) in [6.45, 7) is -0.126. The second kappa shape index (κ2) is 7.73. The van der Waals surface area contributed by atoms with Gasteiger partial charge in [-0.2, -0.15) is 0 Å². The first-order valence-electron chi connectivity index (χ1n) is 6.98. The highest BCUT2D eigenvalue weighted by Crippen LogP contribution is 2.21. The average Bonchev–Trinajstić information content (AvgIpc) is 2.55. The molecule has 2 aromatic carbocycles. The van der Waals surface area contributed by atoms with Crippen molar-refractivity contribution in [2.75, 3.05) is 23.8 Å². The van der Waals surface area contributed by atoms with Crippen LogP contribution in [-0.4, -0.2) is 33.0 Å². The highest BCUT2D eigenvalue weighted by atomic mass is 32.2. The lowest BCUT2D eigenvalue weighted by molar-refractivity contribution is -0.384. The molecule has 0 radical (unpaired) electrons. The molecule has 0 unspecified atom stereocenters. The van der Waals surface area contributed by atoms with Gasteiger partial charge in [0.1, 0.15) is 6.61 Å². The summed E-state index contributed by atoms with van der Waals surface area (Å²) < 4.78 is 31.7. The van der Waals surface area contributed by atoms with E-state index in [-0.39, 0.29) is 28.8 Å². The fraction of sp³-hybridized carbons (Fsp3) is 0.133. The van der Waals surface area contributed by atoms with Gasteiger partial charge in [-0.25, -0.2) is 8.42 Å². The molecular weight excluding hydrogens is 350 g/mol. The van der Waals surface area contributed by atoms with Gasteiger partial charge in [-0.15, -0.1) is 0 Å². The van der Waals surface area contributed by atoms with Crippen LogP contribution in [0.5, 0.6) is 0 Å². The van der Waals surface area contributed by atoms with Crippen molar-refractivity contribution in [2.45, 2.75) is 4.90 Å². The molecule has 0 atom stereocenters. The monoisotopic (exact) mass is 365 g/mol. The van der Waals surface area contributed by atoms with Crippen molar-refractivity contribution in [3.63, 3.8) is 0 Å². The minimum absolute atomic E-state index is 0.119. The lowest BCUT2D eigenvalue weighted by Gasteiger charge is -2.10. The molecule has 0 fully saturated rings. The molecule has 0 aliphatic heterocycles. The molecule has 2 aromatic rings. The van der Waals surface area contributed by atoms with E-state index in [0.29, 0.717) is 5.69 Å². The zero-order valence-electron chi connectivity index (χ0n) is 13.1. The number of hydrogen-bond acceptors (Lipinski definition) is 6. The molecule has 0 aliphatic carbocycles. The van der Waals surface area contributed by atoms with Gasteiger partial charge in [-0.05, 0) is 30.3 Å². The number of methoxy groups -OCH3 is 1. The smallest absolute Gasteiger partial charge is 0.269 e. The van der Waals surface area contributed by atoms with Gasteiger partial charge in [-0.1, -0.05) is 6.07 Å². The van der Waals surface area contributed by atoms with Gasteiger partial charge in [0.15, 0.2) is 0 Å². The molecule has 10 heteroatoms. The standard InChI is InChI=1S/C15H15N3O6S/c1-24-10-15(19)16-11-3-2-4-12(9-11)17-25(22,23)14-7-5-13(6-8-14)18(20)21/h2-9,17H,10H2,1H3,(H,16,19). The van der Waals surface area contributed by atoms with Gasteiger partial charge in [0, 0.05) is 24.9 Å². The van der Waals surface area contributed by atoms with E-state index < -0.39 is 14.9 Å². The van der Waals surface area contributed by atoms with Gasteiger partial charge < -0.3 is 10.1 Å². The van der Waals surface area contributed by atoms with E-state index in [4.69, 9.17) is 4.74 Å². The Hall–Kier alpha value is -2.98. The number of carbonyl (C=O) groups is 1. The number of rotatable bonds is 7. The van der Waals surface area contributed by atoms with E-state index in [9.17, 15) is 23.3 Å². The number of sulfonamides is 1. The lowest BCUT2D eigenvalue weighted by Crippen LogP contribution is -2.17. The Kier molecular flexibility index (Phi) is 5.67. The molecule has 0 aromatic heterocycles. The average molecular weight is 365 g/mol. The summed E-state index contributed by atoms with van der Waals surface area (Å²) in [6, 6.07) is 10.6. The van der Waals surface area contributed by atoms with Crippen LogP contribution in [-0.2, 0) is 19.6 Å². The summed E-state index contributed by atoms with van der Waals surface area (Å²) in [5.41, 5.74) is 0.418. The third kappa shape index (κ3) is 4.99. The first-order chi connectivity index (χ1) is 11.8. The van der Waals surface area contributed by atoms with E-state index in [1.165, 1.54) is 19.2 Å². The summed E-state index contributed by atoms with van der Waals surface area (Å²) >= 11 is 0. The molecule has 0 saturated carbocycles. The second-order valence-corrected chi connectivity index (χ2v) is 6.60. The Bertz CT molecular complexity index is 880. The summed E-state index contributed by atoms with van der Waals surface area (Å²) in [5, 5.41) is 13.2. The van der Waals surface area contributed by atoms with Crippen LogP contribution in [0.1, 0.15) is 0 Å². The minimum Gasteiger partial charge on any atom is -0.375 e. The highest BCUT2D eigenvalue weighted by molar-refractivity contribution is 7.92. The molecule has 132 valence electrons. The van der Waals surface area contributed by atoms with E-state index >= 15 is 0 Å². The molecule has 1 amide bonds. The maximum Gasteiger partial charge on any atom is 0.269 e. The van der Waals surface area contributed by atoms with Crippen molar-refractivity contribution >= 4 is 33.0 Å².